The first-order valence-corrected chi connectivity index (χ1v) is 7.31. The molecule has 2 aromatic heterocycles. The van der Waals surface area contributed by atoms with Crippen LogP contribution < -0.4 is 16.3 Å². The van der Waals surface area contributed by atoms with Crippen molar-refractivity contribution >= 4 is 39.3 Å². The Morgan fingerprint density at radius 2 is 1.83 bits per heavy atom. The summed E-state index contributed by atoms with van der Waals surface area (Å²) in [5.41, 5.74) is 7.33. The summed E-state index contributed by atoms with van der Waals surface area (Å²) in [5, 5.41) is 1.62. The first kappa shape index (κ1) is 13.7. The highest BCUT2D eigenvalue weighted by atomic mass is 35.5. The first-order chi connectivity index (χ1) is 11.1. The largest absolute Gasteiger partial charge is 0.422 e. The number of halogens is 1. The van der Waals surface area contributed by atoms with Crippen LogP contribution in [0.25, 0.3) is 33.3 Å². The van der Waals surface area contributed by atoms with Crippen molar-refractivity contribution in [3.8, 4) is 11.4 Å². The number of fused-ring (bicyclic) bond motifs is 3. The molecule has 23 heavy (non-hydrogen) atoms. The third kappa shape index (κ3) is 2.22. The Balaban J connectivity index is 2.11. The van der Waals surface area contributed by atoms with Crippen LogP contribution in [0.2, 0.25) is 5.02 Å². The van der Waals surface area contributed by atoms with Crippen LogP contribution in [-0.2, 0) is 0 Å². The molecular formula is C17H11ClN3O2+. The number of aromatic amines is 1. The predicted molar refractivity (Wildman–Crippen MR) is 89.2 cm³/mol. The maximum atomic E-state index is 12.2. The van der Waals surface area contributed by atoms with Gasteiger partial charge in [0.15, 0.2) is 10.9 Å². The van der Waals surface area contributed by atoms with Gasteiger partial charge in [-0.25, -0.2) is 9.78 Å². The van der Waals surface area contributed by atoms with Crippen LogP contribution in [0, 0.1) is 0 Å². The number of aromatic nitrogens is 2. The Morgan fingerprint density at radius 3 is 2.61 bits per heavy atom. The van der Waals surface area contributed by atoms with Gasteiger partial charge in [0.05, 0.1) is 10.9 Å². The van der Waals surface area contributed by atoms with E-state index in [1.165, 1.54) is 0 Å². The molecule has 0 radical (unpaired) electrons. The maximum Gasteiger partial charge on any atom is 0.354 e. The summed E-state index contributed by atoms with van der Waals surface area (Å²) < 4.78 is 5.30. The number of nitrogen functional groups attached to an aromatic ring is 1. The summed E-state index contributed by atoms with van der Waals surface area (Å²) in [6.07, 6.45) is 0. The van der Waals surface area contributed by atoms with Crippen LogP contribution in [0.3, 0.4) is 0 Å². The van der Waals surface area contributed by atoms with Crippen molar-refractivity contribution < 1.29 is 9.40 Å². The van der Waals surface area contributed by atoms with Gasteiger partial charge in [-0.1, -0.05) is 23.7 Å². The normalized spacial score (nSPS) is 11.2. The first-order valence-electron chi connectivity index (χ1n) is 6.94. The van der Waals surface area contributed by atoms with E-state index in [4.69, 9.17) is 21.8 Å². The van der Waals surface area contributed by atoms with Gasteiger partial charge in [0.2, 0.25) is 5.82 Å². The fourth-order valence-electron chi connectivity index (χ4n) is 2.56. The lowest BCUT2D eigenvalue weighted by Crippen LogP contribution is -2.19. The van der Waals surface area contributed by atoms with Crippen molar-refractivity contribution in [1.29, 1.82) is 0 Å². The van der Waals surface area contributed by atoms with Gasteiger partial charge in [-0.15, -0.1) is 4.98 Å². The molecule has 2 heterocycles. The summed E-state index contributed by atoms with van der Waals surface area (Å²) in [6.45, 7) is 0. The minimum absolute atomic E-state index is 0.222. The Bertz CT molecular complexity index is 1100. The Hall–Kier alpha value is -2.92. The van der Waals surface area contributed by atoms with E-state index in [0.717, 1.165) is 10.9 Å². The van der Waals surface area contributed by atoms with Gasteiger partial charge in [0.25, 0.3) is 5.82 Å². The molecule has 6 heteroatoms. The van der Waals surface area contributed by atoms with Crippen molar-refractivity contribution in [1.82, 2.24) is 4.98 Å². The second-order valence-electron chi connectivity index (χ2n) is 5.12. The van der Waals surface area contributed by atoms with Crippen LogP contribution in [0.1, 0.15) is 0 Å². The van der Waals surface area contributed by atoms with Gasteiger partial charge in [0, 0.05) is 5.02 Å². The SMILES string of the molecule is Nc1[nH+]c(-c2ccc(Cl)cc2)nc2c1c(=O)oc1ccccc12. The maximum absolute atomic E-state index is 12.2. The van der Waals surface area contributed by atoms with Crippen molar-refractivity contribution in [3.63, 3.8) is 0 Å². The molecule has 0 unspecified atom stereocenters. The molecular weight excluding hydrogens is 314 g/mol. The van der Waals surface area contributed by atoms with E-state index < -0.39 is 5.63 Å². The molecule has 0 spiro atoms. The van der Waals surface area contributed by atoms with Gasteiger partial charge in [-0.3, -0.25) is 0 Å². The Kier molecular flexibility index (Phi) is 3.02. The summed E-state index contributed by atoms with van der Waals surface area (Å²) in [4.78, 5) is 19.7. The Labute approximate surface area is 135 Å². The van der Waals surface area contributed by atoms with E-state index in [9.17, 15) is 4.79 Å². The highest BCUT2D eigenvalue weighted by molar-refractivity contribution is 6.30. The minimum Gasteiger partial charge on any atom is -0.422 e. The topological polar surface area (TPSA) is 83.3 Å². The van der Waals surface area contributed by atoms with Crippen LogP contribution in [0.5, 0.6) is 0 Å². The van der Waals surface area contributed by atoms with Gasteiger partial charge < -0.3 is 10.2 Å². The average molecular weight is 325 g/mol. The van der Waals surface area contributed by atoms with Crippen LogP contribution in [0.15, 0.2) is 57.7 Å². The molecule has 4 rings (SSSR count). The van der Waals surface area contributed by atoms with E-state index in [2.05, 4.69) is 9.97 Å². The van der Waals surface area contributed by atoms with E-state index in [-0.39, 0.29) is 11.2 Å². The van der Waals surface area contributed by atoms with Crippen molar-refractivity contribution in [2.24, 2.45) is 0 Å². The van der Waals surface area contributed by atoms with E-state index in [1.54, 1.807) is 24.3 Å². The highest BCUT2D eigenvalue weighted by Gasteiger charge is 2.19. The number of rotatable bonds is 1. The Morgan fingerprint density at radius 1 is 1.09 bits per heavy atom. The molecule has 0 aliphatic rings. The van der Waals surface area contributed by atoms with Crippen LogP contribution in [0.4, 0.5) is 5.82 Å². The zero-order chi connectivity index (χ0) is 16.0. The van der Waals surface area contributed by atoms with Crippen LogP contribution >= 0.6 is 11.6 Å². The quantitative estimate of drug-likeness (QED) is 0.431. The lowest BCUT2D eigenvalue weighted by atomic mass is 10.1. The molecule has 0 saturated heterocycles. The average Bonchev–Trinajstić information content (AvgIpc) is 2.55. The predicted octanol–water partition coefficient (Wildman–Crippen LogP) is 3.06. The second kappa shape index (κ2) is 5.07. The smallest absolute Gasteiger partial charge is 0.354 e. The van der Waals surface area contributed by atoms with E-state index >= 15 is 0 Å². The fraction of sp³-hybridized carbons (Fsp3) is 0. The molecule has 0 saturated carbocycles. The third-order valence-electron chi connectivity index (χ3n) is 3.65. The molecule has 4 aromatic rings. The zero-order valence-corrected chi connectivity index (χ0v) is 12.6. The second-order valence-corrected chi connectivity index (χ2v) is 5.55. The lowest BCUT2D eigenvalue weighted by Gasteiger charge is -2.02. The number of hydrogen-bond donors (Lipinski definition) is 1. The zero-order valence-electron chi connectivity index (χ0n) is 11.8. The molecule has 0 amide bonds. The monoisotopic (exact) mass is 324 g/mol. The molecule has 0 bridgehead atoms. The molecule has 112 valence electrons. The number of para-hydroxylation sites is 1. The summed E-state index contributed by atoms with van der Waals surface area (Å²) in [5.74, 6) is 0.780. The van der Waals surface area contributed by atoms with Crippen molar-refractivity contribution in [2.45, 2.75) is 0 Å². The molecule has 0 aliphatic carbocycles. The minimum atomic E-state index is -0.511. The fourth-order valence-corrected chi connectivity index (χ4v) is 2.69. The summed E-state index contributed by atoms with van der Waals surface area (Å²) in [7, 11) is 0. The third-order valence-corrected chi connectivity index (χ3v) is 3.90. The van der Waals surface area contributed by atoms with Crippen LogP contribution in [-0.4, -0.2) is 4.98 Å². The lowest BCUT2D eigenvalue weighted by molar-refractivity contribution is -0.349. The number of nitrogens with zero attached hydrogens (tertiary/aromatic N) is 1. The molecule has 2 aromatic carbocycles. The van der Waals surface area contributed by atoms with E-state index in [0.29, 0.717) is 21.9 Å². The van der Waals surface area contributed by atoms with Gasteiger partial charge in [-0.05, 0) is 36.4 Å². The number of anilines is 1. The molecule has 0 fully saturated rings. The van der Waals surface area contributed by atoms with Crippen molar-refractivity contribution in [2.75, 3.05) is 5.73 Å². The number of nitrogens with two attached hydrogens (primary N) is 1. The molecule has 0 atom stereocenters. The van der Waals surface area contributed by atoms with Gasteiger partial charge in [-0.2, -0.15) is 0 Å². The van der Waals surface area contributed by atoms with Crippen molar-refractivity contribution in [3.05, 3.63) is 64.0 Å². The van der Waals surface area contributed by atoms with E-state index in [1.807, 2.05) is 24.3 Å². The highest BCUT2D eigenvalue weighted by Crippen LogP contribution is 2.25. The number of hydrogen-bond acceptors (Lipinski definition) is 4. The molecule has 0 aliphatic heterocycles. The number of nitrogens with one attached hydrogen (secondary N) is 1. The number of benzene rings is 2. The summed E-state index contributed by atoms with van der Waals surface area (Å²) in [6, 6.07) is 14.4. The standard InChI is InChI=1S/C17H10ClN3O2/c18-10-7-5-9(6-8-10)16-20-14-11-3-1-2-4-12(11)23-17(22)13(14)15(19)21-16/h1-8H,(H2,19,20,21)/p+1. The van der Waals surface area contributed by atoms with Gasteiger partial charge in [0.1, 0.15) is 5.58 Å². The number of H-pyrrole nitrogens is 1. The van der Waals surface area contributed by atoms with Gasteiger partial charge >= 0.3 is 5.63 Å². The molecule has 5 nitrogen and oxygen atoms in total. The molecule has 3 N–H and O–H groups in total. The summed E-state index contributed by atoms with van der Waals surface area (Å²) >= 11 is 5.92.